The van der Waals surface area contributed by atoms with Crippen LogP contribution >= 0.6 is 0 Å². The number of carbonyl (C=O) groups is 2. The Labute approximate surface area is 123 Å². The second-order valence-electron chi connectivity index (χ2n) is 5.81. The van der Waals surface area contributed by atoms with Crippen LogP contribution in [0.5, 0.6) is 0 Å². The highest BCUT2D eigenvalue weighted by Crippen LogP contribution is 2.44. The lowest BCUT2D eigenvalue weighted by atomic mass is 10.0. The highest BCUT2D eigenvalue weighted by molar-refractivity contribution is 5.99. The van der Waals surface area contributed by atoms with E-state index in [1.165, 1.54) is 38.0 Å². The van der Waals surface area contributed by atoms with Gasteiger partial charge < -0.3 is 10.4 Å². The van der Waals surface area contributed by atoms with Crippen LogP contribution in [0.2, 0.25) is 0 Å². The molecule has 2 saturated carbocycles. The van der Waals surface area contributed by atoms with Crippen molar-refractivity contribution >= 4 is 18.0 Å². The van der Waals surface area contributed by atoms with E-state index in [0.717, 1.165) is 6.08 Å². The number of hydrogen-bond acceptors (Lipinski definition) is 3. The average Bonchev–Trinajstić information content (AvgIpc) is 3.36. The van der Waals surface area contributed by atoms with Crippen molar-refractivity contribution in [3.05, 3.63) is 35.7 Å². The summed E-state index contributed by atoms with van der Waals surface area (Å²) in [6.45, 7) is 0. The summed E-state index contributed by atoms with van der Waals surface area (Å²) in [5.41, 5.74) is 1.01. The Morgan fingerprint density at radius 1 is 1.29 bits per heavy atom. The first kappa shape index (κ1) is 13.8. The molecule has 5 heteroatoms. The smallest absolute Gasteiger partial charge is 0.328 e. The molecule has 0 atom stereocenters. The second kappa shape index (κ2) is 5.68. The van der Waals surface area contributed by atoms with Gasteiger partial charge in [-0.3, -0.25) is 9.78 Å². The first-order chi connectivity index (χ1) is 10.1. The Morgan fingerprint density at radius 3 is 2.52 bits per heavy atom. The summed E-state index contributed by atoms with van der Waals surface area (Å²) in [5.74, 6) is 0.0767. The second-order valence-corrected chi connectivity index (χ2v) is 5.81. The number of nitrogens with zero attached hydrogens (tertiary/aromatic N) is 1. The zero-order chi connectivity index (χ0) is 14.8. The van der Waals surface area contributed by atoms with Crippen LogP contribution in [0.1, 0.15) is 41.6 Å². The molecule has 0 radical (unpaired) electrons. The van der Waals surface area contributed by atoms with Crippen molar-refractivity contribution in [2.24, 2.45) is 11.8 Å². The third-order valence-corrected chi connectivity index (χ3v) is 4.06. The number of carbonyl (C=O) groups excluding carboxylic acids is 1. The minimum atomic E-state index is -1.04. The van der Waals surface area contributed by atoms with E-state index in [9.17, 15) is 9.59 Å². The van der Waals surface area contributed by atoms with Gasteiger partial charge in [-0.25, -0.2) is 4.79 Å². The minimum Gasteiger partial charge on any atom is -0.478 e. The number of carboxylic acid groups (broad SMARTS) is 1. The Kier molecular flexibility index (Phi) is 3.73. The van der Waals surface area contributed by atoms with Crippen molar-refractivity contribution in [1.29, 1.82) is 0 Å². The zero-order valence-corrected chi connectivity index (χ0v) is 11.7. The van der Waals surface area contributed by atoms with Crippen molar-refractivity contribution in [3.63, 3.8) is 0 Å². The molecule has 0 saturated heterocycles. The van der Waals surface area contributed by atoms with Crippen molar-refractivity contribution in [1.82, 2.24) is 10.3 Å². The minimum absolute atomic E-state index is 0.133. The van der Waals surface area contributed by atoms with Crippen LogP contribution in [-0.4, -0.2) is 28.0 Å². The van der Waals surface area contributed by atoms with Crippen LogP contribution in [0.25, 0.3) is 6.08 Å². The van der Waals surface area contributed by atoms with E-state index in [1.807, 2.05) is 0 Å². The van der Waals surface area contributed by atoms with Crippen LogP contribution in [0.15, 0.2) is 24.5 Å². The molecular weight excluding hydrogens is 268 g/mol. The fourth-order valence-corrected chi connectivity index (χ4v) is 2.67. The van der Waals surface area contributed by atoms with Crippen LogP contribution < -0.4 is 5.32 Å². The molecule has 1 aromatic rings. The summed E-state index contributed by atoms with van der Waals surface area (Å²) in [7, 11) is 0. The van der Waals surface area contributed by atoms with Crippen molar-refractivity contribution in [3.8, 4) is 0 Å². The van der Waals surface area contributed by atoms with Crippen molar-refractivity contribution < 1.29 is 14.7 Å². The molecule has 110 valence electrons. The number of hydrogen-bond donors (Lipinski definition) is 2. The maximum atomic E-state index is 12.5. The Morgan fingerprint density at radius 2 is 1.95 bits per heavy atom. The normalized spacial score (nSPS) is 18.1. The molecule has 0 unspecified atom stereocenters. The summed E-state index contributed by atoms with van der Waals surface area (Å²) < 4.78 is 0. The lowest BCUT2D eigenvalue weighted by molar-refractivity contribution is -0.131. The lowest BCUT2D eigenvalue weighted by Crippen LogP contribution is -2.38. The molecule has 1 amide bonds. The SMILES string of the molecule is O=C(O)C=Cc1cnccc1C(=O)NC(C1CC1)C1CC1. The molecule has 0 spiro atoms. The third kappa shape index (κ3) is 3.48. The van der Waals surface area contributed by atoms with Crippen LogP contribution in [0.3, 0.4) is 0 Å². The summed E-state index contributed by atoms with van der Waals surface area (Å²) in [4.78, 5) is 27.0. The summed E-state index contributed by atoms with van der Waals surface area (Å²) in [5, 5.41) is 11.8. The topological polar surface area (TPSA) is 79.3 Å². The first-order valence-corrected chi connectivity index (χ1v) is 7.31. The average molecular weight is 286 g/mol. The van der Waals surface area contributed by atoms with Gasteiger partial charge in [-0.05, 0) is 49.7 Å². The molecular formula is C16H18N2O3. The molecule has 0 bridgehead atoms. The highest BCUT2D eigenvalue weighted by atomic mass is 16.4. The maximum Gasteiger partial charge on any atom is 0.328 e. The molecule has 3 rings (SSSR count). The quantitative estimate of drug-likeness (QED) is 0.785. The van der Waals surface area contributed by atoms with E-state index in [2.05, 4.69) is 10.3 Å². The maximum absolute atomic E-state index is 12.5. The molecule has 5 nitrogen and oxygen atoms in total. The van der Waals surface area contributed by atoms with Gasteiger partial charge in [0.15, 0.2) is 0 Å². The molecule has 0 aromatic carbocycles. The van der Waals surface area contributed by atoms with Gasteiger partial charge in [-0.1, -0.05) is 0 Å². The van der Waals surface area contributed by atoms with E-state index in [1.54, 1.807) is 12.3 Å². The van der Waals surface area contributed by atoms with Gasteiger partial charge in [0.1, 0.15) is 0 Å². The highest BCUT2D eigenvalue weighted by Gasteiger charge is 2.42. The fraction of sp³-hybridized carbons (Fsp3) is 0.438. The van der Waals surface area contributed by atoms with E-state index < -0.39 is 5.97 Å². The van der Waals surface area contributed by atoms with Crippen LogP contribution in [-0.2, 0) is 4.79 Å². The van der Waals surface area contributed by atoms with E-state index >= 15 is 0 Å². The molecule has 1 heterocycles. The number of pyridine rings is 1. The third-order valence-electron chi connectivity index (χ3n) is 4.06. The predicted octanol–water partition coefficient (Wildman–Crippen LogP) is 2.10. The summed E-state index contributed by atoms with van der Waals surface area (Å²) in [6.07, 6.45) is 10.3. The number of rotatable bonds is 6. The Bertz CT molecular complexity index is 577. The molecule has 2 N–H and O–H groups in total. The largest absolute Gasteiger partial charge is 0.478 e. The van der Waals surface area contributed by atoms with Gasteiger partial charge in [0.05, 0.1) is 0 Å². The van der Waals surface area contributed by atoms with Gasteiger partial charge in [0, 0.05) is 35.6 Å². The van der Waals surface area contributed by atoms with Crippen LogP contribution in [0, 0.1) is 11.8 Å². The van der Waals surface area contributed by atoms with Crippen LogP contribution in [0.4, 0.5) is 0 Å². The van der Waals surface area contributed by atoms with Gasteiger partial charge in [0.2, 0.25) is 0 Å². The van der Waals surface area contributed by atoms with Crippen molar-refractivity contribution in [2.45, 2.75) is 31.7 Å². The van der Waals surface area contributed by atoms with E-state index in [-0.39, 0.29) is 11.9 Å². The summed E-state index contributed by atoms with van der Waals surface area (Å²) in [6, 6.07) is 1.91. The Balaban J connectivity index is 1.75. The molecule has 1 aromatic heterocycles. The lowest BCUT2D eigenvalue weighted by Gasteiger charge is -2.18. The van der Waals surface area contributed by atoms with E-state index in [4.69, 9.17) is 5.11 Å². The fourth-order valence-electron chi connectivity index (χ4n) is 2.67. The number of carboxylic acids is 1. The van der Waals surface area contributed by atoms with Gasteiger partial charge >= 0.3 is 5.97 Å². The predicted molar refractivity (Wildman–Crippen MR) is 77.6 cm³/mol. The molecule has 2 aliphatic carbocycles. The first-order valence-electron chi connectivity index (χ1n) is 7.31. The molecule has 0 aliphatic heterocycles. The number of aromatic nitrogens is 1. The number of nitrogens with one attached hydrogen (secondary N) is 1. The molecule has 2 aliphatic rings. The zero-order valence-electron chi connectivity index (χ0n) is 11.7. The molecule has 21 heavy (non-hydrogen) atoms. The number of aliphatic carboxylic acids is 1. The summed E-state index contributed by atoms with van der Waals surface area (Å²) >= 11 is 0. The Hall–Kier alpha value is -2.17. The van der Waals surface area contributed by atoms with E-state index in [0.29, 0.717) is 23.0 Å². The van der Waals surface area contributed by atoms with Gasteiger partial charge in [-0.15, -0.1) is 0 Å². The monoisotopic (exact) mass is 286 g/mol. The van der Waals surface area contributed by atoms with Gasteiger partial charge in [-0.2, -0.15) is 0 Å². The van der Waals surface area contributed by atoms with Crippen molar-refractivity contribution in [2.75, 3.05) is 0 Å². The molecule has 2 fully saturated rings. The van der Waals surface area contributed by atoms with Gasteiger partial charge in [0.25, 0.3) is 5.91 Å². The number of amides is 1. The standard InChI is InChI=1S/C16H18N2O3/c19-14(20)6-5-12-9-17-8-7-13(12)16(21)18-15(10-1-2-10)11-3-4-11/h5-11,15H,1-4H2,(H,18,21)(H,19,20).